The number of carbonyl (C=O) groups is 1. The summed E-state index contributed by atoms with van der Waals surface area (Å²) in [6, 6.07) is 7.28. The summed E-state index contributed by atoms with van der Waals surface area (Å²) in [5.41, 5.74) is 10.0. The van der Waals surface area contributed by atoms with E-state index in [0.29, 0.717) is 22.6 Å². The van der Waals surface area contributed by atoms with Gasteiger partial charge in [0.25, 0.3) is 0 Å². The monoisotopic (exact) mass is 367 g/mol. The summed E-state index contributed by atoms with van der Waals surface area (Å²) in [5.74, 6) is -0.566. The normalized spacial score (nSPS) is 10.4. The Labute approximate surface area is 158 Å². The van der Waals surface area contributed by atoms with Crippen molar-refractivity contribution in [2.24, 2.45) is 0 Å². The Morgan fingerprint density at radius 2 is 1.89 bits per heavy atom. The first-order valence-corrected chi connectivity index (χ1v) is 8.89. The van der Waals surface area contributed by atoms with Crippen molar-refractivity contribution in [3.05, 3.63) is 47.8 Å². The molecular weight excluding hydrogens is 342 g/mol. The number of nitrogens with zero attached hydrogens (tertiary/aromatic N) is 4. The predicted molar refractivity (Wildman–Crippen MR) is 107 cm³/mol. The molecule has 0 amide bonds. The topological polar surface area (TPSA) is 107 Å². The van der Waals surface area contributed by atoms with Crippen LogP contribution in [-0.4, -0.2) is 31.1 Å². The van der Waals surface area contributed by atoms with Gasteiger partial charge in [0.2, 0.25) is 0 Å². The van der Waals surface area contributed by atoms with Crippen molar-refractivity contribution >= 4 is 11.8 Å². The van der Waals surface area contributed by atoms with Gasteiger partial charge in [-0.2, -0.15) is 0 Å². The standard InChI is InChI=1S/C18H19N5O2.C2H6/c1-10(2)23-9-16(21-22-23)15-7-13(8-20-17(15)19)12-4-5-14(18(24)25)11(3)6-12;1-2/h4-10H,1-3H3,(H2,19,20)(H,24,25);1-2H3. The molecule has 0 aliphatic carbocycles. The number of carboxylic acid groups (broad SMARTS) is 1. The molecule has 142 valence electrons. The van der Waals surface area contributed by atoms with Crippen LogP contribution in [0.5, 0.6) is 0 Å². The van der Waals surface area contributed by atoms with Crippen LogP contribution in [0.2, 0.25) is 0 Å². The smallest absolute Gasteiger partial charge is 0.335 e. The number of aromatic carboxylic acids is 1. The first-order valence-electron chi connectivity index (χ1n) is 8.89. The van der Waals surface area contributed by atoms with Gasteiger partial charge in [0.1, 0.15) is 11.5 Å². The van der Waals surface area contributed by atoms with Crippen LogP contribution in [0.25, 0.3) is 22.4 Å². The molecule has 0 radical (unpaired) electrons. The fourth-order valence-corrected chi connectivity index (χ4v) is 2.57. The molecule has 0 fully saturated rings. The van der Waals surface area contributed by atoms with Gasteiger partial charge >= 0.3 is 5.97 Å². The minimum absolute atomic E-state index is 0.199. The van der Waals surface area contributed by atoms with Crippen LogP contribution in [0.4, 0.5) is 5.82 Å². The average molecular weight is 367 g/mol. The predicted octanol–water partition coefficient (Wildman–Crippen LogP) is 4.20. The van der Waals surface area contributed by atoms with Crippen molar-refractivity contribution in [3.8, 4) is 22.4 Å². The van der Waals surface area contributed by atoms with Crippen LogP contribution >= 0.6 is 0 Å². The average Bonchev–Trinajstić information content (AvgIpc) is 3.13. The van der Waals surface area contributed by atoms with Gasteiger partial charge in [0.15, 0.2) is 0 Å². The number of hydrogen-bond donors (Lipinski definition) is 2. The van der Waals surface area contributed by atoms with E-state index in [1.54, 1.807) is 29.9 Å². The third kappa shape index (κ3) is 4.31. The zero-order chi connectivity index (χ0) is 20.1. The van der Waals surface area contributed by atoms with Crippen LogP contribution in [0.1, 0.15) is 49.7 Å². The van der Waals surface area contributed by atoms with E-state index in [1.165, 1.54) is 0 Å². The zero-order valence-corrected chi connectivity index (χ0v) is 16.3. The molecule has 7 nitrogen and oxygen atoms in total. The van der Waals surface area contributed by atoms with Crippen LogP contribution < -0.4 is 5.73 Å². The summed E-state index contributed by atoms with van der Waals surface area (Å²) in [7, 11) is 0. The van der Waals surface area contributed by atoms with Crippen molar-refractivity contribution < 1.29 is 9.90 Å². The highest BCUT2D eigenvalue weighted by molar-refractivity contribution is 5.90. The second-order valence-corrected chi connectivity index (χ2v) is 6.17. The highest BCUT2D eigenvalue weighted by Gasteiger charge is 2.13. The Bertz CT molecular complexity index is 947. The van der Waals surface area contributed by atoms with E-state index in [-0.39, 0.29) is 11.6 Å². The van der Waals surface area contributed by atoms with Crippen molar-refractivity contribution in [1.82, 2.24) is 20.0 Å². The lowest BCUT2D eigenvalue weighted by atomic mass is 9.99. The number of aromatic nitrogens is 4. The minimum Gasteiger partial charge on any atom is -0.478 e. The maximum Gasteiger partial charge on any atom is 0.335 e. The summed E-state index contributed by atoms with van der Waals surface area (Å²) in [4.78, 5) is 15.4. The number of nitrogen functional groups attached to an aromatic ring is 1. The number of rotatable bonds is 4. The van der Waals surface area contributed by atoms with E-state index < -0.39 is 5.97 Å². The molecule has 0 bridgehead atoms. The van der Waals surface area contributed by atoms with Crippen LogP contribution in [0.3, 0.4) is 0 Å². The molecule has 0 spiro atoms. The molecule has 0 saturated carbocycles. The quantitative estimate of drug-likeness (QED) is 0.715. The van der Waals surface area contributed by atoms with Crippen LogP contribution in [0, 0.1) is 6.92 Å². The van der Waals surface area contributed by atoms with Gasteiger partial charge < -0.3 is 10.8 Å². The molecule has 0 aliphatic rings. The zero-order valence-electron chi connectivity index (χ0n) is 16.3. The largest absolute Gasteiger partial charge is 0.478 e. The van der Waals surface area contributed by atoms with Gasteiger partial charge in [0.05, 0.1) is 11.8 Å². The minimum atomic E-state index is -0.939. The summed E-state index contributed by atoms with van der Waals surface area (Å²) >= 11 is 0. The number of benzene rings is 1. The number of carboxylic acids is 1. The lowest BCUT2D eigenvalue weighted by Gasteiger charge is -2.08. The fourth-order valence-electron chi connectivity index (χ4n) is 2.57. The van der Waals surface area contributed by atoms with Crippen molar-refractivity contribution in [1.29, 1.82) is 0 Å². The molecule has 0 atom stereocenters. The van der Waals surface area contributed by atoms with Gasteiger partial charge in [-0.05, 0) is 44.0 Å². The van der Waals surface area contributed by atoms with Crippen molar-refractivity contribution in [2.45, 2.75) is 40.7 Å². The van der Waals surface area contributed by atoms with Gasteiger partial charge in [-0.3, -0.25) is 0 Å². The Morgan fingerprint density at radius 3 is 2.44 bits per heavy atom. The third-order valence-corrected chi connectivity index (χ3v) is 4.02. The number of hydrogen-bond acceptors (Lipinski definition) is 5. The molecule has 0 saturated heterocycles. The molecule has 0 unspecified atom stereocenters. The van der Waals surface area contributed by atoms with Gasteiger partial charge in [0, 0.05) is 23.4 Å². The number of nitrogens with two attached hydrogens (primary N) is 1. The lowest BCUT2D eigenvalue weighted by molar-refractivity contribution is 0.0696. The lowest BCUT2D eigenvalue weighted by Crippen LogP contribution is -2.00. The van der Waals surface area contributed by atoms with E-state index >= 15 is 0 Å². The maximum absolute atomic E-state index is 11.2. The Hall–Kier alpha value is -3.22. The molecule has 27 heavy (non-hydrogen) atoms. The van der Waals surface area contributed by atoms with Crippen molar-refractivity contribution in [2.75, 3.05) is 5.73 Å². The molecule has 3 aromatic rings. The summed E-state index contributed by atoms with van der Waals surface area (Å²) in [5, 5.41) is 17.4. The molecule has 0 aliphatic heterocycles. The summed E-state index contributed by atoms with van der Waals surface area (Å²) < 4.78 is 1.76. The first-order chi connectivity index (χ1) is 12.9. The molecule has 2 aromatic heterocycles. The Morgan fingerprint density at radius 1 is 1.19 bits per heavy atom. The van der Waals surface area contributed by atoms with Crippen molar-refractivity contribution in [3.63, 3.8) is 0 Å². The SMILES string of the molecule is CC.Cc1cc(-c2cnc(N)c(-c3cn(C(C)C)nn3)c2)ccc1C(=O)O. The van der Waals surface area contributed by atoms with Crippen LogP contribution in [0.15, 0.2) is 36.7 Å². The van der Waals surface area contributed by atoms with E-state index in [9.17, 15) is 4.79 Å². The summed E-state index contributed by atoms with van der Waals surface area (Å²) in [6.07, 6.45) is 3.50. The van der Waals surface area contributed by atoms with E-state index in [2.05, 4.69) is 15.3 Å². The fraction of sp³-hybridized carbons (Fsp3) is 0.300. The van der Waals surface area contributed by atoms with E-state index in [0.717, 1.165) is 11.1 Å². The molecule has 2 heterocycles. The second-order valence-electron chi connectivity index (χ2n) is 6.17. The molecular formula is C20H25N5O2. The van der Waals surface area contributed by atoms with Gasteiger partial charge in [-0.25, -0.2) is 14.5 Å². The third-order valence-electron chi connectivity index (χ3n) is 4.02. The maximum atomic E-state index is 11.2. The number of pyridine rings is 1. The Balaban J connectivity index is 0.00000126. The van der Waals surface area contributed by atoms with Gasteiger partial charge in [-0.1, -0.05) is 31.2 Å². The van der Waals surface area contributed by atoms with Crippen LogP contribution in [-0.2, 0) is 0 Å². The highest BCUT2D eigenvalue weighted by Crippen LogP contribution is 2.29. The first kappa shape index (κ1) is 20.1. The van der Waals surface area contributed by atoms with E-state index in [4.69, 9.17) is 10.8 Å². The number of anilines is 1. The molecule has 7 heteroatoms. The Kier molecular flexibility index (Phi) is 6.28. The highest BCUT2D eigenvalue weighted by atomic mass is 16.4. The molecule has 3 rings (SSSR count). The van der Waals surface area contributed by atoms with E-state index in [1.807, 2.05) is 46.0 Å². The second kappa shape index (κ2) is 8.44. The van der Waals surface area contributed by atoms with Gasteiger partial charge in [-0.15, -0.1) is 5.10 Å². The molecule has 3 N–H and O–H groups in total. The molecule has 1 aromatic carbocycles. The summed E-state index contributed by atoms with van der Waals surface area (Å²) in [6.45, 7) is 9.80. The number of aryl methyl sites for hydroxylation is 1.